The minimum Gasteiger partial charge on any atom is -0.354 e. The number of carbonyl (C=O) groups is 6. The Bertz CT molecular complexity index is 1200. The number of hydrogen-bond donors (Lipinski definition) is 4. The standard InChI is InChI=1S/C34H48N6O6S2/c1-23(37-29(41)25-11-3-4-12-25)33(45)39-19-7-15-27(39)31(43)35-17-9-21-47-48-22-10-18-36-32(44)28-16-8-20-40(28)34(46)24(2)38-30(42)26-13-5-6-14-26/h3-6,11-14,23-28H,7-10,15-22H2,1-2H3,(H,35,43)(H,36,44)(H,37,41)(H,38,42)/t23-,24-,27-,28-/m0/s1. The fourth-order valence-corrected chi connectivity index (χ4v) is 8.27. The lowest BCUT2D eigenvalue weighted by molar-refractivity contribution is -0.141. The Morgan fingerprint density at radius 2 is 1.00 bits per heavy atom. The second-order valence-corrected chi connectivity index (χ2v) is 15.1. The summed E-state index contributed by atoms with van der Waals surface area (Å²) in [4.78, 5) is 79.6. The van der Waals surface area contributed by atoms with Crippen LogP contribution in [0.5, 0.6) is 0 Å². The van der Waals surface area contributed by atoms with E-state index in [1.54, 1.807) is 93.8 Å². The van der Waals surface area contributed by atoms with Crippen LogP contribution in [0.3, 0.4) is 0 Å². The van der Waals surface area contributed by atoms with E-state index in [1.165, 1.54) is 0 Å². The summed E-state index contributed by atoms with van der Waals surface area (Å²) in [5.74, 6) is -0.289. The number of amides is 6. The second-order valence-electron chi connectivity index (χ2n) is 12.4. The summed E-state index contributed by atoms with van der Waals surface area (Å²) >= 11 is 0. The fraction of sp³-hybridized carbons (Fsp3) is 0.588. The molecule has 0 aromatic heterocycles. The Balaban J connectivity index is 1.03. The van der Waals surface area contributed by atoms with Crippen LogP contribution >= 0.6 is 21.6 Å². The Morgan fingerprint density at radius 1 is 0.625 bits per heavy atom. The minimum absolute atomic E-state index is 0.157. The average Bonchev–Trinajstić information content (AvgIpc) is 3.91. The SMILES string of the molecule is C[C@H](NC(=O)C1C=CC=C1)C(=O)N1CCC[C@H]1C(=O)NCCCSSCCCNC(=O)[C@@H]1CCCN1C(=O)[C@H](C)NC(=O)C1C=CC=C1. The number of hydrogen-bond acceptors (Lipinski definition) is 8. The molecule has 0 unspecified atom stereocenters. The van der Waals surface area contributed by atoms with E-state index < -0.39 is 24.2 Å². The van der Waals surface area contributed by atoms with Crippen LogP contribution in [0.15, 0.2) is 48.6 Å². The summed E-state index contributed by atoms with van der Waals surface area (Å²) in [6.45, 7) is 5.34. The van der Waals surface area contributed by atoms with E-state index in [4.69, 9.17) is 0 Å². The van der Waals surface area contributed by atoms with Gasteiger partial charge in [-0.1, -0.05) is 70.2 Å². The Kier molecular flexibility index (Phi) is 14.7. The molecule has 0 saturated carbocycles. The van der Waals surface area contributed by atoms with Gasteiger partial charge < -0.3 is 31.1 Å². The van der Waals surface area contributed by atoms with Crippen LogP contribution in [-0.2, 0) is 28.8 Å². The molecule has 0 aromatic carbocycles. The Labute approximate surface area is 290 Å². The highest BCUT2D eigenvalue weighted by molar-refractivity contribution is 8.76. The van der Waals surface area contributed by atoms with E-state index in [1.807, 2.05) is 0 Å². The molecule has 0 radical (unpaired) electrons. The number of rotatable bonds is 17. The molecule has 0 aromatic rings. The van der Waals surface area contributed by atoms with Crippen LogP contribution < -0.4 is 21.3 Å². The third-order valence-corrected chi connectivity index (χ3v) is 11.3. The molecule has 2 fully saturated rings. The molecule has 0 bridgehead atoms. The normalized spacial score (nSPS) is 21.5. The van der Waals surface area contributed by atoms with Gasteiger partial charge in [0.25, 0.3) is 0 Å². The summed E-state index contributed by atoms with van der Waals surface area (Å²) < 4.78 is 0. The van der Waals surface area contributed by atoms with E-state index in [9.17, 15) is 28.8 Å². The van der Waals surface area contributed by atoms with Crippen molar-refractivity contribution in [3.8, 4) is 0 Å². The van der Waals surface area contributed by atoms with Crippen molar-refractivity contribution in [1.29, 1.82) is 0 Å². The maximum atomic E-state index is 13.0. The molecule has 6 amide bonds. The van der Waals surface area contributed by atoms with E-state index >= 15 is 0 Å². The molecule has 4 rings (SSSR count). The fourth-order valence-electron chi connectivity index (χ4n) is 6.10. The van der Waals surface area contributed by atoms with Gasteiger partial charge in [0, 0.05) is 37.7 Å². The number of likely N-dealkylation sites (tertiary alicyclic amines) is 2. The Hall–Kier alpha value is -3.52. The van der Waals surface area contributed by atoms with Crippen molar-refractivity contribution in [3.05, 3.63) is 48.6 Å². The quantitative estimate of drug-likeness (QED) is 0.132. The van der Waals surface area contributed by atoms with Crippen molar-refractivity contribution in [2.24, 2.45) is 11.8 Å². The monoisotopic (exact) mass is 700 g/mol. The van der Waals surface area contributed by atoms with Gasteiger partial charge in [-0.2, -0.15) is 0 Å². The molecule has 4 atom stereocenters. The maximum Gasteiger partial charge on any atom is 0.245 e. The van der Waals surface area contributed by atoms with E-state index in [0.717, 1.165) is 37.2 Å². The minimum atomic E-state index is -0.705. The summed E-state index contributed by atoms with van der Waals surface area (Å²) in [6, 6.07) is -2.45. The van der Waals surface area contributed by atoms with Gasteiger partial charge in [-0.05, 0) is 52.4 Å². The molecular formula is C34H48N6O6S2. The molecule has 0 spiro atoms. The molecule has 2 aliphatic heterocycles. The van der Waals surface area contributed by atoms with Gasteiger partial charge in [-0.25, -0.2) is 0 Å². The van der Waals surface area contributed by atoms with Gasteiger partial charge in [0.05, 0.1) is 11.8 Å². The van der Waals surface area contributed by atoms with E-state index in [2.05, 4.69) is 21.3 Å². The van der Waals surface area contributed by atoms with E-state index in [0.29, 0.717) is 39.0 Å². The number of allylic oxidation sites excluding steroid dienone is 4. The number of nitrogens with zero attached hydrogens (tertiary/aromatic N) is 2. The van der Waals surface area contributed by atoms with Crippen molar-refractivity contribution in [1.82, 2.24) is 31.1 Å². The number of nitrogens with one attached hydrogen (secondary N) is 4. The first-order chi connectivity index (χ1) is 23.2. The zero-order chi connectivity index (χ0) is 34.5. The zero-order valence-corrected chi connectivity index (χ0v) is 29.4. The van der Waals surface area contributed by atoms with Gasteiger partial charge in [0.1, 0.15) is 24.2 Å². The predicted octanol–water partition coefficient (Wildman–Crippen LogP) is 1.86. The summed E-state index contributed by atoms with van der Waals surface area (Å²) in [5, 5.41) is 11.5. The van der Waals surface area contributed by atoms with Crippen molar-refractivity contribution < 1.29 is 28.8 Å². The molecule has 12 nitrogen and oxygen atoms in total. The second kappa shape index (κ2) is 18.9. The largest absolute Gasteiger partial charge is 0.354 e. The average molecular weight is 701 g/mol. The molecular weight excluding hydrogens is 653 g/mol. The lowest BCUT2D eigenvalue weighted by Gasteiger charge is -2.27. The van der Waals surface area contributed by atoms with Crippen LogP contribution in [0.25, 0.3) is 0 Å². The van der Waals surface area contributed by atoms with Crippen LogP contribution in [-0.4, -0.2) is 107 Å². The van der Waals surface area contributed by atoms with Gasteiger partial charge in [0.2, 0.25) is 35.4 Å². The third-order valence-electron chi connectivity index (χ3n) is 8.73. The zero-order valence-electron chi connectivity index (χ0n) is 27.7. The van der Waals surface area contributed by atoms with E-state index in [-0.39, 0.29) is 47.3 Å². The summed E-state index contributed by atoms with van der Waals surface area (Å²) in [6.07, 6.45) is 18.6. The molecule has 262 valence electrons. The molecule has 2 heterocycles. The highest BCUT2D eigenvalue weighted by atomic mass is 33.1. The highest BCUT2D eigenvalue weighted by Gasteiger charge is 2.37. The van der Waals surface area contributed by atoms with Crippen LogP contribution in [0.4, 0.5) is 0 Å². The molecule has 2 saturated heterocycles. The lowest BCUT2D eigenvalue weighted by Crippen LogP contribution is -2.53. The topological polar surface area (TPSA) is 157 Å². The first kappa shape index (κ1) is 37.3. The van der Waals surface area contributed by atoms with Crippen molar-refractivity contribution in [3.63, 3.8) is 0 Å². The molecule has 14 heteroatoms. The first-order valence-corrected chi connectivity index (χ1v) is 19.4. The molecule has 48 heavy (non-hydrogen) atoms. The van der Waals surface area contributed by atoms with Gasteiger partial charge in [-0.15, -0.1) is 0 Å². The van der Waals surface area contributed by atoms with Crippen molar-refractivity contribution in [2.75, 3.05) is 37.7 Å². The Morgan fingerprint density at radius 3 is 1.38 bits per heavy atom. The smallest absolute Gasteiger partial charge is 0.245 e. The van der Waals surface area contributed by atoms with Gasteiger partial charge in [0.15, 0.2) is 0 Å². The summed E-state index contributed by atoms with van der Waals surface area (Å²) in [5.41, 5.74) is 0. The third kappa shape index (κ3) is 10.5. The predicted molar refractivity (Wildman–Crippen MR) is 188 cm³/mol. The van der Waals surface area contributed by atoms with Crippen molar-refractivity contribution in [2.45, 2.75) is 76.5 Å². The maximum absolute atomic E-state index is 13.0. The van der Waals surface area contributed by atoms with Crippen LogP contribution in [0, 0.1) is 11.8 Å². The van der Waals surface area contributed by atoms with Gasteiger partial charge in [-0.3, -0.25) is 28.8 Å². The van der Waals surface area contributed by atoms with Gasteiger partial charge >= 0.3 is 0 Å². The molecule has 4 aliphatic rings. The molecule has 4 N–H and O–H groups in total. The number of carbonyl (C=O) groups excluding carboxylic acids is 6. The highest BCUT2D eigenvalue weighted by Crippen LogP contribution is 2.23. The molecule has 2 aliphatic carbocycles. The van der Waals surface area contributed by atoms with Crippen molar-refractivity contribution >= 4 is 57.0 Å². The lowest BCUT2D eigenvalue weighted by atomic mass is 10.1. The summed E-state index contributed by atoms with van der Waals surface area (Å²) in [7, 11) is 3.42. The van der Waals surface area contributed by atoms with Crippen LogP contribution in [0.2, 0.25) is 0 Å². The van der Waals surface area contributed by atoms with Crippen LogP contribution in [0.1, 0.15) is 52.4 Å². The first-order valence-electron chi connectivity index (χ1n) is 16.9.